The Labute approximate surface area is 107 Å². The highest BCUT2D eigenvalue weighted by molar-refractivity contribution is 9.10. The summed E-state index contributed by atoms with van der Waals surface area (Å²) in [7, 11) is 0. The summed E-state index contributed by atoms with van der Waals surface area (Å²) < 4.78 is 5.93. The summed E-state index contributed by atoms with van der Waals surface area (Å²) >= 11 is 9.13. The molecule has 88 valence electrons. The molecule has 1 aromatic heterocycles. The van der Waals surface area contributed by atoms with Crippen molar-refractivity contribution in [2.24, 2.45) is 0 Å². The molecule has 4 nitrogen and oxygen atoms in total. The van der Waals surface area contributed by atoms with Gasteiger partial charge in [-0.3, -0.25) is 0 Å². The van der Waals surface area contributed by atoms with Crippen molar-refractivity contribution in [3.8, 4) is 0 Å². The second-order valence-corrected chi connectivity index (χ2v) is 5.16. The van der Waals surface area contributed by atoms with Gasteiger partial charge in [0, 0.05) is 25.8 Å². The molecule has 2 rings (SSSR count). The molecule has 0 amide bonds. The van der Waals surface area contributed by atoms with Crippen LogP contribution in [0.15, 0.2) is 16.7 Å². The molecular formula is C10H12BrClN2O2. The predicted octanol–water partition coefficient (Wildman–Crippen LogP) is 2.06. The summed E-state index contributed by atoms with van der Waals surface area (Å²) in [5.74, 6) is 0.671. The number of nitrogens with zero attached hydrogens (tertiary/aromatic N) is 1. The van der Waals surface area contributed by atoms with Gasteiger partial charge in [-0.05, 0) is 22.0 Å². The number of ether oxygens (including phenoxy) is 1. The molecule has 0 aromatic carbocycles. The molecule has 1 aliphatic rings. The van der Waals surface area contributed by atoms with Crippen LogP contribution in [0.4, 0.5) is 5.82 Å². The largest absolute Gasteiger partial charge is 0.386 e. The lowest BCUT2D eigenvalue weighted by Gasteiger charge is -2.21. The monoisotopic (exact) mass is 306 g/mol. The van der Waals surface area contributed by atoms with Crippen LogP contribution in [0.2, 0.25) is 5.02 Å². The zero-order chi connectivity index (χ0) is 11.6. The second kappa shape index (κ2) is 4.87. The first-order chi connectivity index (χ1) is 7.59. The number of nitrogens with one attached hydrogen (secondary N) is 1. The minimum Gasteiger partial charge on any atom is -0.386 e. The Bertz CT molecular complexity index is 383. The van der Waals surface area contributed by atoms with Crippen LogP contribution in [0, 0.1) is 0 Å². The smallest absolute Gasteiger partial charge is 0.140 e. The molecule has 2 N–H and O–H groups in total. The second-order valence-electron chi connectivity index (χ2n) is 3.86. The van der Waals surface area contributed by atoms with E-state index in [1.807, 2.05) is 0 Å². The van der Waals surface area contributed by atoms with Crippen LogP contribution in [0.25, 0.3) is 0 Å². The lowest BCUT2D eigenvalue weighted by atomic mass is 10.0. The first-order valence-corrected chi connectivity index (χ1v) is 6.11. The molecule has 0 spiro atoms. The maximum Gasteiger partial charge on any atom is 0.140 e. The number of halogens is 2. The van der Waals surface area contributed by atoms with Crippen LogP contribution >= 0.6 is 27.5 Å². The molecule has 1 aliphatic heterocycles. The van der Waals surface area contributed by atoms with Gasteiger partial charge in [-0.25, -0.2) is 4.98 Å². The van der Waals surface area contributed by atoms with Crippen molar-refractivity contribution in [1.82, 2.24) is 4.98 Å². The number of hydrogen-bond donors (Lipinski definition) is 2. The number of aromatic nitrogens is 1. The van der Waals surface area contributed by atoms with E-state index in [1.54, 1.807) is 12.3 Å². The summed E-state index contributed by atoms with van der Waals surface area (Å²) in [4.78, 5) is 4.13. The summed E-state index contributed by atoms with van der Waals surface area (Å²) in [5, 5.41) is 13.7. The van der Waals surface area contributed by atoms with E-state index >= 15 is 0 Å². The number of rotatable bonds is 3. The highest BCUT2D eigenvalue weighted by Crippen LogP contribution is 2.25. The number of hydrogen-bond acceptors (Lipinski definition) is 4. The standard InChI is InChI=1S/C10H12BrClN2O2/c11-8-3-7(12)4-13-9(8)14-5-10(15)1-2-16-6-10/h3-4,15H,1-2,5-6H2,(H,13,14). The summed E-state index contributed by atoms with van der Waals surface area (Å²) in [6.45, 7) is 1.39. The molecule has 0 aliphatic carbocycles. The minimum absolute atomic E-state index is 0.366. The molecule has 0 saturated carbocycles. The molecule has 1 unspecified atom stereocenters. The van der Waals surface area contributed by atoms with Crippen molar-refractivity contribution < 1.29 is 9.84 Å². The van der Waals surface area contributed by atoms with Gasteiger partial charge < -0.3 is 15.2 Å². The Kier molecular flexibility index (Phi) is 3.69. The van der Waals surface area contributed by atoms with Crippen molar-refractivity contribution >= 4 is 33.3 Å². The average molecular weight is 308 g/mol. The maximum absolute atomic E-state index is 10.0. The van der Waals surface area contributed by atoms with E-state index in [0.717, 1.165) is 4.47 Å². The zero-order valence-corrected chi connectivity index (χ0v) is 10.9. The van der Waals surface area contributed by atoms with Crippen LogP contribution in [0.1, 0.15) is 6.42 Å². The highest BCUT2D eigenvalue weighted by Gasteiger charge is 2.32. The first-order valence-electron chi connectivity index (χ1n) is 4.94. The third-order valence-corrected chi connectivity index (χ3v) is 3.29. The van der Waals surface area contributed by atoms with Crippen LogP contribution in [0.3, 0.4) is 0 Å². The van der Waals surface area contributed by atoms with E-state index in [0.29, 0.717) is 37.0 Å². The van der Waals surface area contributed by atoms with E-state index in [1.165, 1.54) is 0 Å². The van der Waals surface area contributed by atoms with Crippen molar-refractivity contribution in [2.45, 2.75) is 12.0 Å². The quantitative estimate of drug-likeness (QED) is 0.897. The Morgan fingerprint density at radius 1 is 1.69 bits per heavy atom. The summed E-state index contributed by atoms with van der Waals surface area (Å²) in [6, 6.07) is 1.76. The molecule has 1 atom stereocenters. The number of pyridine rings is 1. The van der Waals surface area contributed by atoms with Crippen molar-refractivity contribution in [1.29, 1.82) is 0 Å². The number of aliphatic hydroxyl groups is 1. The molecule has 2 heterocycles. The van der Waals surface area contributed by atoms with Crippen molar-refractivity contribution in [3.05, 3.63) is 21.8 Å². The van der Waals surface area contributed by atoms with Gasteiger partial charge in [0.15, 0.2) is 0 Å². The van der Waals surface area contributed by atoms with Gasteiger partial charge in [0.05, 0.1) is 16.1 Å². The summed E-state index contributed by atoms with van der Waals surface area (Å²) in [6.07, 6.45) is 2.20. The Balaban J connectivity index is 1.99. The Morgan fingerprint density at radius 2 is 2.50 bits per heavy atom. The lowest BCUT2D eigenvalue weighted by Crippen LogP contribution is -2.37. The molecule has 16 heavy (non-hydrogen) atoms. The van der Waals surface area contributed by atoms with Crippen LogP contribution in [-0.2, 0) is 4.74 Å². The van der Waals surface area contributed by atoms with Crippen molar-refractivity contribution in [3.63, 3.8) is 0 Å². The summed E-state index contributed by atoms with van der Waals surface area (Å²) in [5.41, 5.74) is -0.791. The fraction of sp³-hybridized carbons (Fsp3) is 0.500. The van der Waals surface area contributed by atoms with E-state index in [9.17, 15) is 5.11 Å². The van der Waals surface area contributed by atoms with Gasteiger partial charge in [0.2, 0.25) is 0 Å². The van der Waals surface area contributed by atoms with E-state index in [-0.39, 0.29) is 0 Å². The van der Waals surface area contributed by atoms with Gasteiger partial charge >= 0.3 is 0 Å². The first kappa shape index (κ1) is 12.1. The van der Waals surface area contributed by atoms with Gasteiger partial charge in [-0.15, -0.1) is 0 Å². The zero-order valence-electron chi connectivity index (χ0n) is 8.54. The lowest BCUT2D eigenvalue weighted by molar-refractivity contribution is 0.0381. The fourth-order valence-corrected chi connectivity index (χ4v) is 2.31. The molecule has 1 fully saturated rings. The van der Waals surface area contributed by atoms with Crippen LogP contribution in [-0.4, -0.2) is 35.5 Å². The van der Waals surface area contributed by atoms with E-state index in [2.05, 4.69) is 26.2 Å². The molecule has 6 heteroatoms. The normalized spacial score (nSPS) is 24.7. The highest BCUT2D eigenvalue weighted by atomic mass is 79.9. The average Bonchev–Trinajstić information content (AvgIpc) is 2.64. The number of anilines is 1. The van der Waals surface area contributed by atoms with Gasteiger partial charge in [-0.1, -0.05) is 11.6 Å². The van der Waals surface area contributed by atoms with Gasteiger partial charge in [0.1, 0.15) is 11.4 Å². The van der Waals surface area contributed by atoms with Crippen molar-refractivity contribution in [2.75, 3.05) is 25.1 Å². The molecule has 0 radical (unpaired) electrons. The molecule has 0 bridgehead atoms. The third kappa shape index (κ3) is 2.85. The fourth-order valence-electron chi connectivity index (χ4n) is 1.53. The van der Waals surface area contributed by atoms with Gasteiger partial charge in [-0.2, -0.15) is 0 Å². The SMILES string of the molecule is OC1(CNc2ncc(Cl)cc2Br)CCOC1. The van der Waals surface area contributed by atoms with Crippen LogP contribution in [0.5, 0.6) is 0 Å². The molecule has 1 saturated heterocycles. The van der Waals surface area contributed by atoms with E-state index < -0.39 is 5.60 Å². The predicted molar refractivity (Wildman–Crippen MR) is 65.8 cm³/mol. The third-order valence-electron chi connectivity index (χ3n) is 2.48. The minimum atomic E-state index is -0.791. The Hall–Kier alpha value is -0.360. The molecule has 1 aromatic rings. The van der Waals surface area contributed by atoms with Gasteiger partial charge in [0.25, 0.3) is 0 Å². The van der Waals surface area contributed by atoms with E-state index in [4.69, 9.17) is 16.3 Å². The molecular weight excluding hydrogens is 295 g/mol. The maximum atomic E-state index is 10.0. The Morgan fingerprint density at radius 3 is 3.12 bits per heavy atom. The topological polar surface area (TPSA) is 54.4 Å². The van der Waals surface area contributed by atoms with Crippen LogP contribution < -0.4 is 5.32 Å².